The molecule has 0 aliphatic carbocycles. The summed E-state index contributed by atoms with van der Waals surface area (Å²) < 4.78 is 3.34. The monoisotopic (exact) mass is 595 g/mol. The van der Waals surface area contributed by atoms with Crippen LogP contribution in [0.25, 0.3) is 50.0 Å². The fourth-order valence-corrected chi connectivity index (χ4v) is 6.92. The number of aromatic nitrogens is 4. The minimum Gasteiger partial charge on any atom is -0.376 e. The van der Waals surface area contributed by atoms with Gasteiger partial charge in [0.1, 0.15) is 0 Å². The Kier molecular flexibility index (Phi) is 6.25. The van der Waals surface area contributed by atoms with Gasteiger partial charge in [-0.1, -0.05) is 54.6 Å². The second-order valence-electron chi connectivity index (χ2n) is 11.9. The Balaban J connectivity index is 1.16. The summed E-state index contributed by atoms with van der Waals surface area (Å²) in [5, 5.41) is 10.8. The summed E-state index contributed by atoms with van der Waals surface area (Å²) in [6.07, 6.45) is 3.26. The zero-order chi connectivity index (χ0) is 30.8. The van der Waals surface area contributed by atoms with E-state index >= 15 is 0 Å². The number of aryl methyl sites for hydroxylation is 1. The molecule has 45 heavy (non-hydrogen) atoms. The summed E-state index contributed by atoms with van der Waals surface area (Å²) in [5.41, 5.74) is 7.74. The zero-order valence-corrected chi connectivity index (χ0v) is 24.5. The lowest BCUT2D eigenvalue weighted by atomic mass is 9.85. The first-order valence-electron chi connectivity index (χ1n) is 15.0. The largest absolute Gasteiger partial charge is 0.376 e. The van der Waals surface area contributed by atoms with Crippen LogP contribution in [0.1, 0.15) is 24.3 Å². The van der Waals surface area contributed by atoms with Gasteiger partial charge in [0.2, 0.25) is 0 Å². The Morgan fingerprint density at radius 1 is 0.822 bits per heavy atom. The third-order valence-corrected chi connectivity index (χ3v) is 9.39. The highest BCUT2D eigenvalue weighted by molar-refractivity contribution is 6.13. The number of pyridine rings is 2. The standard InChI is InChI=1S/C36H29N5O4/c1-39-31-20-38-29-14-9-23(25-10-13-28(37-19-25)22-5-3-2-4-6-22)17-27(29)32(31)41(36(39)45)26-11-7-21(8-12-26)24-15-16-40-30(18-24)33(42)34(43)35(40)44/h2-14,17,19-20,24,30,34,43H,15-16,18H2,1H3/t24?,30?,34-/m0/s1. The molecule has 2 aliphatic heterocycles. The molecular weight excluding hydrogens is 566 g/mol. The quantitative estimate of drug-likeness (QED) is 0.298. The molecule has 6 aromatic rings. The van der Waals surface area contributed by atoms with Gasteiger partial charge in [0.15, 0.2) is 11.9 Å². The van der Waals surface area contributed by atoms with Gasteiger partial charge in [0.05, 0.1) is 40.2 Å². The van der Waals surface area contributed by atoms with Crippen molar-refractivity contribution in [3.8, 4) is 28.1 Å². The molecule has 5 heterocycles. The van der Waals surface area contributed by atoms with Crippen LogP contribution in [0.4, 0.5) is 0 Å². The number of rotatable bonds is 4. The zero-order valence-electron chi connectivity index (χ0n) is 24.5. The number of carbonyl (C=O) groups is 2. The summed E-state index contributed by atoms with van der Waals surface area (Å²) in [6.45, 7) is 0.438. The Hall–Kier alpha value is -5.41. The summed E-state index contributed by atoms with van der Waals surface area (Å²) in [7, 11) is 1.75. The number of hydrogen-bond acceptors (Lipinski definition) is 6. The van der Waals surface area contributed by atoms with Crippen molar-refractivity contribution in [3.63, 3.8) is 0 Å². The van der Waals surface area contributed by atoms with E-state index in [1.54, 1.807) is 22.4 Å². The lowest BCUT2D eigenvalue weighted by molar-refractivity contribution is -0.137. The van der Waals surface area contributed by atoms with Crippen LogP contribution in [0.2, 0.25) is 0 Å². The van der Waals surface area contributed by atoms with Crippen LogP contribution in [-0.4, -0.2) is 59.5 Å². The fraction of sp³-hybridized carbons (Fsp3) is 0.194. The number of Topliss-reactive ketones (excluding diaryl/α,β-unsaturated/α-hetero) is 1. The highest BCUT2D eigenvalue weighted by atomic mass is 16.3. The Morgan fingerprint density at radius 2 is 1.60 bits per heavy atom. The third kappa shape index (κ3) is 4.30. The smallest absolute Gasteiger partial charge is 0.333 e. The first-order valence-corrected chi connectivity index (χ1v) is 15.0. The molecule has 3 atom stereocenters. The number of imidazole rings is 1. The molecule has 3 aromatic heterocycles. The van der Waals surface area contributed by atoms with Gasteiger partial charge in [0.25, 0.3) is 5.91 Å². The molecular formula is C36H29N5O4. The van der Waals surface area contributed by atoms with E-state index < -0.39 is 23.8 Å². The van der Waals surface area contributed by atoms with Crippen LogP contribution in [0.15, 0.2) is 102 Å². The molecule has 0 saturated carbocycles. The van der Waals surface area contributed by atoms with Crippen LogP contribution < -0.4 is 5.69 Å². The van der Waals surface area contributed by atoms with E-state index in [0.717, 1.165) is 55.6 Å². The lowest BCUT2D eigenvalue weighted by Crippen LogP contribution is -2.42. The number of aliphatic hydroxyl groups is 1. The van der Waals surface area contributed by atoms with Crippen molar-refractivity contribution in [1.82, 2.24) is 24.0 Å². The Labute approximate surface area is 258 Å². The van der Waals surface area contributed by atoms with E-state index in [1.807, 2.05) is 79.0 Å². The third-order valence-electron chi connectivity index (χ3n) is 9.39. The van der Waals surface area contributed by atoms with Crippen molar-refractivity contribution in [2.24, 2.45) is 7.05 Å². The molecule has 8 rings (SSSR count). The van der Waals surface area contributed by atoms with Crippen molar-refractivity contribution < 1.29 is 14.7 Å². The van der Waals surface area contributed by atoms with Crippen LogP contribution >= 0.6 is 0 Å². The molecule has 1 amide bonds. The molecule has 1 N–H and O–H groups in total. The first-order chi connectivity index (χ1) is 21.9. The van der Waals surface area contributed by atoms with Gasteiger partial charge in [-0.05, 0) is 60.2 Å². The van der Waals surface area contributed by atoms with Crippen molar-refractivity contribution >= 4 is 33.6 Å². The van der Waals surface area contributed by atoms with Gasteiger partial charge in [-0.25, -0.2) is 4.79 Å². The van der Waals surface area contributed by atoms with Crippen LogP contribution in [0, 0.1) is 0 Å². The number of carbonyl (C=O) groups excluding carboxylic acids is 2. The maximum atomic E-state index is 13.7. The average Bonchev–Trinajstić information content (AvgIpc) is 3.48. The highest BCUT2D eigenvalue weighted by Crippen LogP contribution is 2.36. The average molecular weight is 596 g/mol. The lowest BCUT2D eigenvalue weighted by Gasteiger charge is -2.33. The second kappa shape index (κ2) is 10.3. The van der Waals surface area contributed by atoms with Crippen LogP contribution in [0.3, 0.4) is 0 Å². The predicted molar refractivity (Wildman–Crippen MR) is 171 cm³/mol. The Bertz CT molecular complexity index is 2190. The first kappa shape index (κ1) is 27.2. The summed E-state index contributed by atoms with van der Waals surface area (Å²) in [6, 6.07) is 27.4. The maximum Gasteiger partial charge on any atom is 0.333 e. The SMILES string of the molecule is Cn1c(=O)n(-c2ccc(C3CCN4C(=O)[C@@H](O)C(=O)C4C3)cc2)c2c3cc(-c4ccc(-c5ccccc5)nc4)ccc3ncc21. The number of hydrogen-bond donors (Lipinski definition) is 1. The maximum absolute atomic E-state index is 13.7. The van der Waals surface area contributed by atoms with Crippen molar-refractivity contribution in [1.29, 1.82) is 0 Å². The normalized spacial score (nSPS) is 19.9. The van der Waals surface area contributed by atoms with Gasteiger partial charge < -0.3 is 10.0 Å². The van der Waals surface area contributed by atoms with E-state index in [-0.39, 0.29) is 11.6 Å². The van der Waals surface area contributed by atoms with Crippen molar-refractivity contribution in [2.45, 2.75) is 30.9 Å². The molecule has 0 spiro atoms. The Morgan fingerprint density at radius 3 is 2.36 bits per heavy atom. The number of ketones is 1. The van der Waals surface area contributed by atoms with E-state index in [2.05, 4.69) is 17.1 Å². The number of fused-ring (bicyclic) bond motifs is 4. The molecule has 2 unspecified atom stereocenters. The van der Waals surface area contributed by atoms with E-state index in [4.69, 9.17) is 4.98 Å². The van der Waals surface area contributed by atoms with E-state index in [1.165, 1.54) is 4.90 Å². The molecule has 2 saturated heterocycles. The number of aliphatic hydroxyl groups excluding tert-OH is 1. The number of nitrogens with zero attached hydrogens (tertiary/aromatic N) is 5. The number of piperidine rings is 1. The van der Waals surface area contributed by atoms with Gasteiger partial charge in [0, 0.05) is 36.3 Å². The number of benzene rings is 3. The number of amides is 1. The van der Waals surface area contributed by atoms with Crippen molar-refractivity contribution in [3.05, 3.63) is 113 Å². The van der Waals surface area contributed by atoms with Crippen LogP contribution in [0.5, 0.6) is 0 Å². The van der Waals surface area contributed by atoms with Crippen LogP contribution in [-0.2, 0) is 16.6 Å². The van der Waals surface area contributed by atoms with Gasteiger partial charge in [-0.2, -0.15) is 0 Å². The molecule has 222 valence electrons. The van der Waals surface area contributed by atoms with E-state index in [9.17, 15) is 19.5 Å². The summed E-state index contributed by atoms with van der Waals surface area (Å²) in [4.78, 5) is 49.2. The van der Waals surface area contributed by atoms with E-state index in [0.29, 0.717) is 19.4 Å². The minimum absolute atomic E-state index is 0.0704. The molecule has 9 heteroatoms. The second-order valence-corrected chi connectivity index (χ2v) is 11.9. The van der Waals surface area contributed by atoms with Gasteiger partial charge in [-0.3, -0.25) is 28.7 Å². The van der Waals surface area contributed by atoms with Gasteiger partial charge in [-0.15, -0.1) is 0 Å². The molecule has 2 fully saturated rings. The fourth-order valence-electron chi connectivity index (χ4n) is 6.92. The summed E-state index contributed by atoms with van der Waals surface area (Å²) >= 11 is 0. The molecule has 9 nitrogen and oxygen atoms in total. The minimum atomic E-state index is -1.54. The van der Waals surface area contributed by atoms with Crippen molar-refractivity contribution in [2.75, 3.05) is 6.54 Å². The van der Waals surface area contributed by atoms with Gasteiger partial charge >= 0.3 is 5.69 Å². The summed E-state index contributed by atoms with van der Waals surface area (Å²) in [5.74, 6) is -0.827. The molecule has 0 bridgehead atoms. The predicted octanol–water partition coefficient (Wildman–Crippen LogP) is 4.62. The molecule has 2 aliphatic rings. The molecule has 3 aromatic carbocycles. The topological polar surface area (TPSA) is 110 Å². The highest BCUT2D eigenvalue weighted by Gasteiger charge is 2.48. The molecule has 0 radical (unpaired) electrons.